The van der Waals surface area contributed by atoms with Gasteiger partial charge in [-0.15, -0.1) is 11.3 Å². The van der Waals surface area contributed by atoms with Gasteiger partial charge in [-0.3, -0.25) is 0 Å². The van der Waals surface area contributed by atoms with Crippen LogP contribution in [-0.2, 0) is 0 Å². The first kappa shape index (κ1) is 17.0. The Bertz CT molecular complexity index is 704. The molecule has 2 amide bonds. The lowest BCUT2D eigenvalue weighted by Crippen LogP contribution is -2.36. The normalized spacial score (nSPS) is 11.8. The molecule has 23 heavy (non-hydrogen) atoms. The van der Waals surface area contributed by atoms with Crippen molar-refractivity contribution in [1.29, 1.82) is 5.26 Å². The van der Waals surface area contributed by atoms with Gasteiger partial charge in [-0.2, -0.15) is 5.26 Å². The van der Waals surface area contributed by atoms with E-state index < -0.39 is 0 Å². The summed E-state index contributed by atoms with van der Waals surface area (Å²) in [6.07, 6.45) is 0. The van der Waals surface area contributed by atoms with Crippen molar-refractivity contribution < 1.29 is 4.79 Å². The number of rotatable bonds is 5. The molecule has 1 aromatic heterocycles. The number of likely N-dealkylation sites (N-methyl/N-ethyl adjacent to an activating group) is 1. The van der Waals surface area contributed by atoms with Gasteiger partial charge in [0.2, 0.25) is 0 Å². The fraction of sp³-hybridized carbons (Fsp3) is 0.294. The second-order valence-electron chi connectivity index (χ2n) is 5.47. The monoisotopic (exact) mass is 328 g/mol. The molecule has 0 spiro atoms. The molecule has 1 unspecified atom stereocenters. The molecule has 2 N–H and O–H groups in total. The molecule has 120 valence electrons. The number of aryl methyl sites for hydroxylation is 1. The Kier molecular flexibility index (Phi) is 5.74. The van der Waals surface area contributed by atoms with Gasteiger partial charge in [0.05, 0.1) is 17.7 Å². The Morgan fingerprint density at radius 2 is 2.17 bits per heavy atom. The molecule has 0 aliphatic rings. The second kappa shape index (κ2) is 7.77. The highest BCUT2D eigenvalue weighted by Crippen LogP contribution is 2.22. The molecule has 1 aromatic carbocycles. The number of nitrogens with zero attached hydrogens (tertiary/aromatic N) is 2. The molecule has 0 fully saturated rings. The smallest absolute Gasteiger partial charge is 0.319 e. The maximum atomic E-state index is 12.1. The molecule has 1 heterocycles. The third kappa shape index (κ3) is 4.55. The Morgan fingerprint density at radius 1 is 1.39 bits per heavy atom. The van der Waals surface area contributed by atoms with Crippen molar-refractivity contribution in [3.63, 3.8) is 0 Å². The molecule has 2 aromatic rings. The molecule has 0 aliphatic carbocycles. The van der Waals surface area contributed by atoms with Gasteiger partial charge in [-0.05, 0) is 50.2 Å². The lowest BCUT2D eigenvalue weighted by atomic mass is 10.1. The average molecular weight is 328 g/mol. The number of anilines is 1. The molecule has 0 saturated heterocycles. The lowest BCUT2D eigenvalue weighted by Gasteiger charge is -2.23. The number of hydrogen-bond donors (Lipinski definition) is 2. The van der Waals surface area contributed by atoms with E-state index in [9.17, 15) is 4.79 Å². The summed E-state index contributed by atoms with van der Waals surface area (Å²) >= 11 is 1.67. The van der Waals surface area contributed by atoms with E-state index in [1.54, 1.807) is 23.5 Å². The van der Waals surface area contributed by atoms with Crippen molar-refractivity contribution in [2.75, 3.05) is 26.0 Å². The molecule has 6 heteroatoms. The van der Waals surface area contributed by atoms with Gasteiger partial charge in [-0.1, -0.05) is 12.1 Å². The van der Waals surface area contributed by atoms with Gasteiger partial charge in [0, 0.05) is 17.1 Å². The largest absolute Gasteiger partial charge is 0.336 e. The van der Waals surface area contributed by atoms with E-state index in [1.165, 1.54) is 4.88 Å². The van der Waals surface area contributed by atoms with Gasteiger partial charge in [0.15, 0.2) is 0 Å². The highest BCUT2D eigenvalue weighted by molar-refractivity contribution is 7.10. The Hall–Kier alpha value is -2.36. The van der Waals surface area contributed by atoms with E-state index in [0.29, 0.717) is 17.8 Å². The summed E-state index contributed by atoms with van der Waals surface area (Å²) in [5.74, 6) is 0. The first-order valence-corrected chi connectivity index (χ1v) is 8.14. The Labute approximate surface area is 140 Å². The number of benzene rings is 1. The Balaban J connectivity index is 1.98. The van der Waals surface area contributed by atoms with Crippen molar-refractivity contribution in [3.8, 4) is 6.07 Å². The van der Waals surface area contributed by atoms with Gasteiger partial charge < -0.3 is 15.5 Å². The highest BCUT2D eigenvalue weighted by atomic mass is 32.1. The summed E-state index contributed by atoms with van der Waals surface area (Å²) in [5, 5.41) is 16.7. The minimum Gasteiger partial charge on any atom is -0.336 e. The molecule has 0 radical (unpaired) electrons. The summed E-state index contributed by atoms with van der Waals surface area (Å²) in [6.45, 7) is 2.40. The molecular weight excluding hydrogens is 308 g/mol. The first-order valence-electron chi connectivity index (χ1n) is 7.26. The van der Waals surface area contributed by atoms with Crippen LogP contribution in [0.1, 0.15) is 22.0 Å². The van der Waals surface area contributed by atoms with Gasteiger partial charge in [-0.25, -0.2) is 4.79 Å². The molecule has 2 rings (SSSR count). The number of hydrogen-bond acceptors (Lipinski definition) is 4. The van der Waals surface area contributed by atoms with Gasteiger partial charge >= 0.3 is 6.03 Å². The predicted molar refractivity (Wildman–Crippen MR) is 93.7 cm³/mol. The third-order valence-electron chi connectivity index (χ3n) is 3.57. The zero-order valence-corrected chi connectivity index (χ0v) is 14.3. The van der Waals surface area contributed by atoms with E-state index in [-0.39, 0.29) is 12.1 Å². The maximum Gasteiger partial charge on any atom is 0.319 e. The fourth-order valence-corrected chi connectivity index (χ4v) is 3.12. The van der Waals surface area contributed by atoms with Crippen LogP contribution in [0.15, 0.2) is 35.7 Å². The van der Waals surface area contributed by atoms with Crippen molar-refractivity contribution in [3.05, 3.63) is 51.7 Å². The summed E-state index contributed by atoms with van der Waals surface area (Å²) in [7, 11) is 3.98. The number of nitriles is 1. The summed E-state index contributed by atoms with van der Waals surface area (Å²) < 4.78 is 0. The van der Waals surface area contributed by atoms with Crippen molar-refractivity contribution in [1.82, 2.24) is 10.2 Å². The Morgan fingerprint density at radius 3 is 2.78 bits per heavy atom. The van der Waals surface area contributed by atoms with Crippen LogP contribution in [-0.4, -0.2) is 31.6 Å². The van der Waals surface area contributed by atoms with E-state index in [4.69, 9.17) is 5.26 Å². The van der Waals surface area contributed by atoms with Crippen molar-refractivity contribution in [2.45, 2.75) is 13.0 Å². The van der Waals surface area contributed by atoms with E-state index in [1.807, 2.05) is 38.5 Å². The highest BCUT2D eigenvalue weighted by Gasteiger charge is 2.16. The number of urea groups is 1. The minimum absolute atomic E-state index is 0.132. The van der Waals surface area contributed by atoms with E-state index >= 15 is 0 Å². The van der Waals surface area contributed by atoms with Gasteiger partial charge in [0.1, 0.15) is 0 Å². The van der Waals surface area contributed by atoms with Crippen molar-refractivity contribution >= 4 is 23.1 Å². The van der Waals surface area contributed by atoms with Crippen molar-refractivity contribution in [2.24, 2.45) is 0 Å². The quantitative estimate of drug-likeness (QED) is 0.884. The lowest BCUT2D eigenvalue weighted by molar-refractivity contribution is 0.244. The number of carbonyl (C=O) groups is 1. The minimum atomic E-state index is -0.272. The van der Waals surface area contributed by atoms with E-state index in [0.717, 1.165) is 5.56 Å². The van der Waals surface area contributed by atoms with Gasteiger partial charge in [0.25, 0.3) is 0 Å². The number of amides is 2. The number of thiophene rings is 1. The average Bonchev–Trinajstić information content (AvgIpc) is 3.03. The summed E-state index contributed by atoms with van der Waals surface area (Å²) in [6, 6.07) is 11.2. The SMILES string of the molecule is Cc1ccc(C#N)cc1NC(=O)NCC(c1cccs1)N(C)C. The summed E-state index contributed by atoms with van der Waals surface area (Å²) in [4.78, 5) is 15.4. The summed E-state index contributed by atoms with van der Waals surface area (Å²) in [5.41, 5.74) is 2.09. The zero-order chi connectivity index (χ0) is 16.8. The zero-order valence-electron chi connectivity index (χ0n) is 13.5. The topological polar surface area (TPSA) is 68.2 Å². The number of nitrogens with one attached hydrogen (secondary N) is 2. The van der Waals surface area contributed by atoms with Crippen LogP contribution in [0.25, 0.3) is 0 Å². The second-order valence-corrected chi connectivity index (χ2v) is 6.45. The van der Waals surface area contributed by atoms with Crippen LogP contribution in [0.2, 0.25) is 0 Å². The molecule has 0 aliphatic heterocycles. The molecule has 5 nitrogen and oxygen atoms in total. The van der Waals surface area contributed by atoms with Crippen LogP contribution in [0.4, 0.5) is 10.5 Å². The molecular formula is C17H20N4OS. The van der Waals surface area contributed by atoms with Crippen LogP contribution < -0.4 is 10.6 Å². The number of carbonyl (C=O) groups excluding carboxylic acids is 1. The molecule has 0 saturated carbocycles. The van der Waals surface area contributed by atoms with Crippen LogP contribution >= 0.6 is 11.3 Å². The first-order chi connectivity index (χ1) is 11.0. The maximum absolute atomic E-state index is 12.1. The van der Waals surface area contributed by atoms with Crippen LogP contribution in [0, 0.1) is 18.3 Å². The third-order valence-corrected chi connectivity index (χ3v) is 4.54. The molecule has 0 bridgehead atoms. The fourth-order valence-electron chi connectivity index (χ4n) is 2.20. The van der Waals surface area contributed by atoms with E-state index in [2.05, 4.69) is 27.7 Å². The standard InChI is InChI=1S/C17H20N4OS/c1-12-6-7-13(10-18)9-14(12)20-17(22)19-11-15(21(2)3)16-5-4-8-23-16/h4-9,15H,11H2,1-3H3,(H2,19,20,22). The van der Waals surface area contributed by atoms with Crippen LogP contribution in [0.5, 0.6) is 0 Å². The molecule has 1 atom stereocenters. The van der Waals surface area contributed by atoms with Crippen LogP contribution in [0.3, 0.4) is 0 Å². The predicted octanol–water partition coefficient (Wildman–Crippen LogP) is 3.35.